The van der Waals surface area contributed by atoms with E-state index in [1.54, 1.807) is 42.5 Å². The van der Waals surface area contributed by atoms with E-state index in [0.29, 0.717) is 33.3 Å². The largest absolute Gasteiger partial charge is 0.493 e. The van der Waals surface area contributed by atoms with Crippen molar-refractivity contribution in [1.29, 1.82) is 0 Å². The van der Waals surface area contributed by atoms with Gasteiger partial charge >= 0.3 is 18.2 Å². The smallest absolute Gasteiger partial charge is 0.416 e. The second-order valence-electron chi connectivity index (χ2n) is 8.84. The third-order valence-electron chi connectivity index (χ3n) is 6.05. The van der Waals surface area contributed by atoms with Crippen molar-refractivity contribution < 1.29 is 42.1 Å². The summed E-state index contributed by atoms with van der Waals surface area (Å²) in [5.74, 6) is -0.575. The molecule has 0 saturated carbocycles. The lowest BCUT2D eigenvalue weighted by molar-refractivity contribution is -0.137. The van der Waals surface area contributed by atoms with E-state index in [1.165, 1.54) is 44.6 Å². The Hall–Kier alpha value is -4.90. The minimum atomic E-state index is -4.53. The van der Waals surface area contributed by atoms with Crippen molar-refractivity contribution in [2.45, 2.75) is 12.3 Å². The summed E-state index contributed by atoms with van der Waals surface area (Å²) in [5.41, 5.74) is 0.214. The van der Waals surface area contributed by atoms with Crippen LogP contribution in [0.3, 0.4) is 0 Å². The van der Waals surface area contributed by atoms with E-state index >= 15 is 0 Å². The third kappa shape index (κ3) is 7.24. The number of rotatable bonds is 9. The van der Waals surface area contributed by atoms with Crippen molar-refractivity contribution in [3.8, 4) is 17.2 Å². The van der Waals surface area contributed by atoms with Gasteiger partial charge in [0.25, 0.3) is 0 Å². The van der Waals surface area contributed by atoms with Crippen molar-refractivity contribution in [1.82, 2.24) is 0 Å². The van der Waals surface area contributed by atoms with Crippen molar-refractivity contribution in [3.05, 3.63) is 112 Å². The molecule has 218 valence electrons. The highest BCUT2D eigenvalue weighted by atomic mass is 35.5. The molecule has 3 N–H and O–H groups in total. The summed E-state index contributed by atoms with van der Waals surface area (Å²) >= 11 is 6.15. The van der Waals surface area contributed by atoms with Crippen molar-refractivity contribution in [2.75, 3.05) is 24.9 Å². The highest BCUT2D eigenvalue weighted by molar-refractivity contribution is 6.30. The van der Waals surface area contributed by atoms with Crippen LogP contribution in [0.4, 0.5) is 29.3 Å². The second-order valence-corrected chi connectivity index (χ2v) is 9.27. The van der Waals surface area contributed by atoms with Gasteiger partial charge in [-0.15, -0.1) is 0 Å². The average Bonchev–Trinajstić information content (AvgIpc) is 2.95. The number of urea groups is 1. The van der Waals surface area contributed by atoms with Crippen LogP contribution in [0.15, 0.2) is 84.9 Å². The molecule has 2 amide bonds. The highest BCUT2D eigenvalue weighted by Crippen LogP contribution is 2.35. The van der Waals surface area contributed by atoms with E-state index in [2.05, 4.69) is 10.6 Å². The first-order valence-corrected chi connectivity index (χ1v) is 12.6. The maximum Gasteiger partial charge on any atom is 0.416 e. The van der Waals surface area contributed by atoms with E-state index < -0.39 is 29.8 Å². The molecule has 0 fully saturated rings. The quantitative estimate of drug-likeness (QED) is 0.180. The highest BCUT2D eigenvalue weighted by Gasteiger charge is 2.31. The number of ether oxygens (including phenoxy) is 3. The molecule has 0 aromatic heterocycles. The number of amides is 2. The molecule has 0 heterocycles. The van der Waals surface area contributed by atoms with Gasteiger partial charge in [0.2, 0.25) is 0 Å². The van der Waals surface area contributed by atoms with Crippen LogP contribution in [0.2, 0.25) is 5.02 Å². The zero-order valence-corrected chi connectivity index (χ0v) is 22.9. The predicted molar refractivity (Wildman–Crippen MR) is 151 cm³/mol. The predicted octanol–water partition coefficient (Wildman–Crippen LogP) is 7.89. The Kier molecular flexibility index (Phi) is 9.12. The van der Waals surface area contributed by atoms with Gasteiger partial charge in [-0.05, 0) is 65.7 Å². The zero-order chi connectivity index (χ0) is 30.4. The molecule has 42 heavy (non-hydrogen) atoms. The molecule has 0 bridgehead atoms. The Morgan fingerprint density at radius 1 is 0.786 bits per heavy atom. The maximum atomic E-state index is 13.1. The number of hydrogen-bond donors (Lipinski definition) is 3. The molecule has 4 rings (SSSR count). The SMILES string of the molecule is COc1ccc(NC(=O)Nc2ccc(OC(c3ccc(C(F)(F)F)cc3)c3cccc(Cl)c3)c(C(=O)O)c2)cc1OC. The molecule has 1 atom stereocenters. The molecule has 0 spiro atoms. The normalized spacial score (nSPS) is 11.8. The van der Waals surface area contributed by atoms with Crippen LogP contribution in [0.1, 0.15) is 33.2 Å². The Morgan fingerprint density at radius 3 is 1.98 bits per heavy atom. The molecule has 0 aliphatic rings. The fourth-order valence-corrected chi connectivity index (χ4v) is 4.26. The number of anilines is 2. The van der Waals surface area contributed by atoms with Crippen molar-refractivity contribution in [2.24, 2.45) is 0 Å². The third-order valence-corrected chi connectivity index (χ3v) is 6.28. The van der Waals surface area contributed by atoms with Gasteiger partial charge in [0.15, 0.2) is 11.5 Å². The van der Waals surface area contributed by atoms with E-state index in [0.717, 1.165) is 12.1 Å². The molecule has 0 aliphatic heterocycles. The molecule has 12 heteroatoms. The Bertz CT molecular complexity index is 1600. The number of carbonyl (C=O) groups is 2. The number of alkyl halides is 3. The minimum Gasteiger partial charge on any atom is -0.493 e. The van der Waals surface area contributed by atoms with Crippen LogP contribution in [0.25, 0.3) is 0 Å². The molecule has 0 saturated heterocycles. The molecular formula is C30H24ClF3N2O6. The van der Waals surface area contributed by atoms with Gasteiger partial charge in [0.05, 0.1) is 19.8 Å². The summed E-state index contributed by atoms with van der Waals surface area (Å²) < 4.78 is 55.9. The van der Waals surface area contributed by atoms with Crippen LogP contribution < -0.4 is 24.8 Å². The first-order chi connectivity index (χ1) is 20.0. The number of carboxylic acids is 1. The molecule has 0 radical (unpaired) electrons. The topological polar surface area (TPSA) is 106 Å². The van der Waals surface area contributed by atoms with E-state index in [-0.39, 0.29) is 17.0 Å². The number of benzene rings is 4. The fraction of sp³-hybridized carbons (Fsp3) is 0.133. The van der Waals surface area contributed by atoms with Gasteiger partial charge in [-0.1, -0.05) is 35.9 Å². The van der Waals surface area contributed by atoms with E-state index in [4.69, 9.17) is 25.8 Å². The number of aromatic carboxylic acids is 1. The Balaban J connectivity index is 1.60. The van der Waals surface area contributed by atoms with Crippen molar-refractivity contribution in [3.63, 3.8) is 0 Å². The number of nitrogens with one attached hydrogen (secondary N) is 2. The van der Waals surface area contributed by atoms with Gasteiger partial charge in [-0.3, -0.25) is 0 Å². The number of hydrogen-bond acceptors (Lipinski definition) is 5. The van der Waals surface area contributed by atoms with Gasteiger partial charge in [-0.2, -0.15) is 13.2 Å². The number of carbonyl (C=O) groups excluding carboxylic acids is 1. The Morgan fingerprint density at radius 2 is 1.40 bits per heavy atom. The molecule has 1 unspecified atom stereocenters. The molecular weight excluding hydrogens is 577 g/mol. The summed E-state index contributed by atoms with van der Waals surface area (Å²) in [5, 5.41) is 15.4. The fourth-order valence-electron chi connectivity index (χ4n) is 4.06. The number of carboxylic acid groups (broad SMARTS) is 1. The van der Waals surface area contributed by atoms with Gasteiger partial charge < -0.3 is 30.0 Å². The van der Waals surface area contributed by atoms with E-state index in [1.807, 2.05) is 0 Å². The maximum absolute atomic E-state index is 13.1. The first kappa shape index (κ1) is 30.1. The number of halogens is 4. The minimum absolute atomic E-state index is 0.0850. The van der Waals surface area contributed by atoms with Crippen LogP contribution in [0, 0.1) is 0 Å². The monoisotopic (exact) mass is 600 g/mol. The Labute approximate surface area is 243 Å². The zero-order valence-electron chi connectivity index (χ0n) is 22.2. The van der Waals surface area contributed by atoms with Crippen molar-refractivity contribution >= 4 is 35.0 Å². The van der Waals surface area contributed by atoms with Crippen LogP contribution in [0.5, 0.6) is 17.2 Å². The lowest BCUT2D eigenvalue weighted by Gasteiger charge is -2.22. The lowest BCUT2D eigenvalue weighted by atomic mass is 9.99. The van der Waals surface area contributed by atoms with Crippen LogP contribution in [-0.2, 0) is 6.18 Å². The molecule has 0 aliphatic carbocycles. The van der Waals surface area contributed by atoms with Crippen LogP contribution in [-0.4, -0.2) is 31.3 Å². The summed E-state index contributed by atoms with van der Waals surface area (Å²) in [6.45, 7) is 0. The van der Waals surface area contributed by atoms with Gasteiger partial charge in [0, 0.05) is 22.5 Å². The summed E-state index contributed by atoms with van der Waals surface area (Å²) in [7, 11) is 2.93. The lowest BCUT2D eigenvalue weighted by Crippen LogP contribution is -2.20. The molecule has 8 nitrogen and oxygen atoms in total. The summed E-state index contributed by atoms with van der Waals surface area (Å²) in [6, 6.07) is 18.9. The number of methoxy groups -OCH3 is 2. The first-order valence-electron chi connectivity index (χ1n) is 12.2. The average molecular weight is 601 g/mol. The molecule has 4 aromatic carbocycles. The standard InChI is InChI=1S/C30H24ClF3N2O6/c1-40-25-13-11-22(16-26(25)41-2)36-29(39)35-21-10-12-24(23(15-21)28(37)38)42-27(18-4-3-5-20(31)14-18)17-6-8-19(9-7-17)30(32,33)34/h3-16,27H,1-2H3,(H,37,38)(H2,35,36,39). The summed E-state index contributed by atoms with van der Waals surface area (Å²) in [4.78, 5) is 24.8. The van der Waals surface area contributed by atoms with Crippen LogP contribution >= 0.6 is 11.6 Å². The molecule has 4 aromatic rings. The second kappa shape index (κ2) is 12.7. The van der Waals surface area contributed by atoms with E-state index in [9.17, 15) is 27.9 Å². The van der Waals surface area contributed by atoms with Gasteiger partial charge in [-0.25, -0.2) is 9.59 Å². The summed E-state index contributed by atoms with van der Waals surface area (Å²) in [6.07, 6.45) is -5.54. The van der Waals surface area contributed by atoms with Gasteiger partial charge in [0.1, 0.15) is 17.4 Å².